The van der Waals surface area contributed by atoms with Gasteiger partial charge in [-0.05, 0) is 38.5 Å². The number of hydrogen-bond donors (Lipinski definition) is 3. The third-order valence-corrected chi connectivity index (χ3v) is 2.87. The third kappa shape index (κ3) is 4.15. The minimum atomic E-state index is -1.02. The van der Waals surface area contributed by atoms with E-state index >= 15 is 0 Å². The van der Waals surface area contributed by atoms with Gasteiger partial charge >= 0.3 is 12.0 Å². The average Bonchev–Trinajstić information content (AvgIpc) is 2.36. The molecule has 1 aromatic rings. The highest BCUT2D eigenvalue weighted by molar-refractivity contribution is 5.91. The SMILES string of the molecule is COc1ccc(C)cc1NC(=O)NCC(C)(C)C(=O)O. The van der Waals surface area contributed by atoms with Gasteiger partial charge < -0.3 is 20.5 Å². The molecule has 3 N–H and O–H groups in total. The van der Waals surface area contributed by atoms with Crippen LogP contribution in [-0.4, -0.2) is 30.8 Å². The molecule has 110 valence electrons. The summed E-state index contributed by atoms with van der Waals surface area (Å²) in [7, 11) is 1.52. The number of anilines is 1. The van der Waals surface area contributed by atoms with E-state index in [0.29, 0.717) is 11.4 Å². The standard InChI is InChI=1S/C14H20N2O4/c1-9-5-6-11(20-4)10(7-9)16-13(19)15-8-14(2,3)12(17)18/h5-7H,8H2,1-4H3,(H,17,18)(H2,15,16,19). The number of hydrogen-bond acceptors (Lipinski definition) is 3. The maximum absolute atomic E-state index is 11.8. The highest BCUT2D eigenvalue weighted by Crippen LogP contribution is 2.25. The van der Waals surface area contributed by atoms with Crippen LogP contribution in [-0.2, 0) is 4.79 Å². The van der Waals surface area contributed by atoms with Crippen LogP contribution in [0.3, 0.4) is 0 Å². The molecular formula is C14H20N2O4. The Labute approximate surface area is 118 Å². The van der Waals surface area contributed by atoms with Crippen LogP contribution in [0, 0.1) is 12.3 Å². The number of ether oxygens (including phenoxy) is 1. The molecule has 6 heteroatoms. The molecule has 0 spiro atoms. The van der Waals surface area contributed by atoms with Crippen molar-refractivity contribution in [3.8, 4) is 5.75 Å². The van der Waals surface area contributed by atoms with Gasteiger partial charge in [0.05, 0.1) is 18.2 Å². The zero-order valence-corrected chi connectivity index (χ0v) is 12.1. The zero-order valence-electron chi connectivity index (χ0n) is 12.1. The van der Waals surface area contributed by atoms with Gasteiger partial charge in [0.2, 0.25) is 0 Å². The molecule has 20 heavy (non-hydrogen) atoms. The molecule has 0 bridgehead atoms. The molecule has 0 radical (unpaired) electrons. The molecule has 0 unspecified atom stereocenters. The van der Waals surface area contributed by atoms with E-state index < -0.39 is 17.4 Å². The fraction of sp³-hybridized carbons (Fsp3) is 0.429. The fourth-order valence-electron chi connectivity index (χ4n) is 1.46. The number of carbonyl (C=O) groups is 2. The number of aryl methyl sites for hydroxylation is 1. The fourth-order valence-corrected chi connectivity index (χ4v) is 1.46. The lowest BCUT2D eigenvalue weighted by Crippen LogP contribution is -2.40. The lowest BCUT2D eigenvalue weighted by molar-refractivity contribution is -0.146. The quantitative estimate of drug-likeness (QED) is 0.771. The van der Waals surface area contributed by atoms with Crippen molar-refractivity contribution < 1.29 is 19.4 Å². The molecule has 0 fully saturated rings. The molecule has 1 aromatic carbocycles. The molecule has 2 amide bonds. The van der Waals surface area contributed by atoms with Crippen molar-refractivity contribution in [1.29, 1.82) is 0 Å². The molecule has 6 nitrogen and oxygen atoms in total. The maximum Gasteiger partial charge on any atom is 0.319 e. The Morgan fingerprint density at radius 2 is 2.00 bits per heavy atom. The number of nitrogens with one attached hydrogen (secondary N) is 2. The summed E-state index contributed by atoms with van der Waals surface area (Å²) in [5.41, 5.74) is 0.499. The topological polar surface area (TPSA) is 87.7 Å². The number of carboxylic acids is 1. The van der Waals surface area contributed by atoms with Gasteiger partial charge in [0, 0.05) is 6.54 Å². The molecule has 0 aliphatic rings. The second kappa shape index (κ2) is 6.27. The summed E-state index contributed by atoms with van der Waals surface area (Å²) in [6.07, 6.45) is 0. The smallest absolute Gasteiger partial charge is 0.319 e. The Bertz CT molecular complexity index is 512. The summed E-state index contributed by atoms with van der Waals surface area (Å²) in [4.78, 5) is 22.7. The third-order valence-electron chi connectivity index (χ3n) is 2.87. The number of urea groups is 1. The van der Waals surface area contributed by atoms with Gasteiger partial charge in [-0.3, -0.25) is 4.79 Å². The van der Waals surface area contributed by atoms with Crippen LogP contribution in [0.1, 0.15) is 19.4 Å². The first kappa shape index (κ1) is 15.8. The number of carboxylic acid groups (broad SMARTS) is 1. The van der Waals surface area contributed by atoms with Crippen LogP contribution in [0.2, 0.25) is 0 Å². The van der Waals surface area contributed by atoms with Crippen molar-refractivity contribution in [2.75, 3.05) is 19.0 Å². The van der Waals surface area contributed by atoms with E-state index in [1.807, 2.05) is 13.0 Å². The molecule has 0 aliphatic heterocycles. The Kier molecular flexibility index (Phi) is 4.96. The van der Waals surface area contributed by atoms with Crippen molar-refractivity contribution >= 4 is 17.7 Å². The number of methoxy groups -OCH3 is 1. The van der Waals surface area contributed by atoms with Crippen LogP contribution in [0.5, 0.6) is 5.75 Å². The molecule has 0 heterocycles. The first-order valence-electron chi connectivity index (χ1n) is 6.19. The Morgan fingerprint density at radius 1 is 1.35 bits per heavy atom. The van der Waals surface area contributed by atoms with Crippen LogP contribution in [0.15, 0.2) is 18.2 Å². The number of benzene rings is 1. The van der Waals surface area contributed by atoms with Gasteiger partial charge in [0.15, 0.2) is 0 Å². The van der Waals surface area contributed by atoms with Gasteiger partial charge in [-0.2, -0.15) is 0 Å². The average molecular weight is 280 g/mol. The van der Waals surface area contributed by atoms with E-state index in [9.17, 15) is 9.59 Å². The van der Waals surface area contributed by atoms with Gasteiger partial charge in [0.1, 0.15) is 5.75 Å². The number of rotatable bonds is 5. The van der Waals surface area contributed by atoms with E-state index in [1.165, 1.54) is 7.11 Å². The van der Waals surface area contributed by atoms with Crippen molar-refractivity contribution in [2.24, 2.45) is 5.41 Å². The van der Waals surface area contributed by atoms with E-state index in [1.54, 1.807) is 26.0 Å². The summed E-state index contributed by atoms with van der Waals surface area (Å²) in [6.45, 7) is 5.02. The minimum absolute atomic E-state index is 0.0301. The second-order valence-corrected chi connectivity index (χ2v) is 5.20. The first-order chi connectivity index (χ1) is 9.26. The van der Waals surface area contributed by atoms with Gasteiger partial charge in [0.25, 0.3) is 0 Å². The van der Waals surface area contributed by atoms with Crippen LogP contribution in [0.25, 0.3) is 0 Å². The molecule has 0 saturated carbocycles. The molecule has 0 aromatic heterocycles. The van der Waals surface area contributed by atoms with E-state index in [4.69, 9.17) is 9.84 Å². The summed E-state index contributed by atoms with van der Waals surface area (Å²) >= 11 is 0. The summed E-state index contributed by atoms with van der Waals surface area (Å²) in [6, 6.07) is 4.94. The predicted octanol–water partition coefficient (Wildman–Crippen LogP) is 2.24. The van der Waals surface area contributed by atoms with Gasteiger partial charge in [-0.15, -0.1) is 0 Å². The Hall–Kier alpha value is -2.24. The highest BCUT2D eigenvalue weighted by atomic mass is 16.5. The van der Waals surface area contributed by atoms with Gasteiger partial charge in [-0.25, -0.2) is 4.79 Å². The zero-order chi connectivity index (χ0) is 15.3. The van der Waals surface area contributed by atoms with Crippen molar-refractivity contribution in [3.63, 3.8) is 0 Å². The number of amides is 2. The molecule has 0 aliphatic carbocycles. The summed E-state index contributed by atoms with van der Waals surface area (Å²) < 4.78 is 5.15. The molecule has 0 atom stereocenters. The van der Waals surface area contributed by atoms with Gasteiger partial charge in [-0.1, -0.05) is 6.07 Å². The lowest BCUT2D eigenvalue weighted by Gasteiger charge is -2.20. The first-order valence-corrected chi connectivity index (χ1v) is 6.19. The normalized spacial score (nSPS) is 10.8. The second-order valence-electron chi connectivity index (χ2n) is 5.20. The van der Waals surface area contributed by atoms with Crippen molar-refractivity contribution in [2.45, 2.75) is 20.8 Å². The number of aliphatic carboxylic acids is 1. The number of carbonyl (C=O) groups excluding carboxylic acids is 1. The monoisotopic (exact) mass is 280 g/mol. The van der Waals surface area contributed by atoms with Crippen LogP contribution < -0.4 is 15.4 Å². The van der Waals surface area contributed by atoms with Crippen molar-refractivity contribution in [3.05, 3.63) is 23.8 Å². The predicted molar refractivity (Wildman–Crippen MR) is 76.2 cm³/mol. The minimum Gasteiger partial charge on any atom is -0.495 e. The summed E-state index contributed by atoms with van der Waals surface area (Å²) in [5, 5.41) is 14.2. The Morgan fingerprint density at radius 3 is 2.55 bits per heavy atom. The molecule has 1 rings (SSSR count). The molecule has 0 saturated heterocycles. The maximum atomic E-state index is 11.8. The van der Waals surface area contributed by atoms with Crippen LogP contribution in [0.4, 0.5) is 10.5 Å². The highest BCUT2D eigenvalue weighted by Gasteiger charge is 2.27. The summed E-state index contributed by atoms with van der Waals surface area (Å²) in [5.74, 6) is -0.422. The van der Waals surface area contributed by atoms with Crippen molar-refractivity contribution in [1.82, 2.24) is 5.32 Å². The van der Waals surface area contributed by atoms with E-state index in [-0.39, 0.29) is 6.54 Å². The molecular weight excluding hydrogens is 260 g/mol. The Balaban J connectivity index is 2.68. The van der Waals surface area contributed by atoms with Crippen LogP contribution >= 0.6 is 0 Å². The van der Waals surface area contributed by atoms with E-state index in [0.717, 1.165) is 5.56 Å². The largest absolute Gasteiger partial charge is 0.495 e. The lowest BCUT2D eigenvalue weighted by atomic mass is 9.94. The van der Waals surface area contributed by atoms with E-state index in [2.05, 4.69) is 10.6 Å².